The Morgan fingerprint density at radius 2 is 1.94 bits per heavy atom. The van der Waals surface area contributed by atoms with Gasteiger partial charge in [-0.1, -0.05) is 24.3 Å². The molecule has 4 heterocycles. The van der Waals surface area contributed by atoms with Crippen LogP contribution in [0.15, 0.2) is 70.5 Å². The molecule has 9 nitrogen and oxygen atoms in total. The molecular formula is C26H28N6O3. The van der Waals surface area contributed by atoms with Gasteiger partial charge in [0.2, 0.25) is 5.56 Å². The fourth-order valence-corrected chi connectivity index (χ4v) is 4.47. The van der Waals surface area contributed by atoms with E-state index >= 15 is 0 Å². The number of pyridine rings is 2. The van der Waals surface area contributed by atoms with Crippen LogP contribution in [0.3, 0.4) is 0 Å². The van der Waals surface area contributed by atoms with Crippen molar-refractivity contribution in [3.05, 3.63) is 92.8 Å². The molecule has 1 fully saturated rings. The first-order valence-electron chi connectivity index (χ1n) is 11.7. The van der Waals surface area contributed by atoms with Crippen LogP contribution < -0.4 is 22.0 Å². The van der Waals surface area contributed by atoms with Gasteiger partial charge in [-0.2, -0.15) is 0 Å². The molecule has 1 saturated heterocycles. The fourth-order valence-electron chi connectivity index (χ4n) is 4.47. The van der Waals surface area contributed by atoms with Gasteiger partial charge < -0.3 is 9.72 Å². The maximum absolute atomic E-state index is 13.0. The van der Waals surface area contributed by atoms with Gasteiger partial charge in [0.25, 0.3) is 5.56 Å². The Labute approximate surface area is 202 Å². The molecule has 1 unspecified atom stereocenters. The molecular weight excluding hydrogens is 444 g/mol. The SMILES string of the molecule is Cc1c(-c2cccnc2N(N)Cc2ccc(-c3ccc(=O)[nH]c3)cc2)[nH]n(C2CCCOC2)c1=O. The highest BCUT2D eigenvalue weighted by molar-refractivity contribution is 5.74. The molecule has 0 spiro atoms. The third-order valence-electron chi connectivity index (χ3n) is 6.40. The van der Waals surface area contributed by atoms with E-state index in [0.717, 1.165) is 41.7 Å². The highest BCUT2D eigenvalue weighted by atomic mass is 16.5. The van der Waals surface area contributed by atoms with Gasteiger partial charge in [-0.15, -0.1) is 0 Å². The Bertz CT molecular complexity index is 1410. The number of hydrazine groups is 1. The third kappa shape index (κ3) is 4.68. The van der Waals surface area contributed by atoms with Crippen molar-refractivity contribution in [2.75, 3.05) is 18.2 Å². The number of H-pyrrole nitrogens is 2. The molecule has 4 aromatic rings. The maximum Gasteiger partial charge on any atom is 0.270 e. The number of hydrogen-bond donors (Lipinski definition) is 3. The zero-order valence-electron chi connectivity index (χ0n) is 19.5. The van der Waals surface area contributed by atoms with Gasteiger partial charge >= 0.3 is 0 Å². The minimum Gasteiger partial charge on any atom is -0.379 e. The average Bonchev–Trinajstić information content (AvgIpc) is 3.19. The molecule has 1 aliphatic rings. The van der Waals surface area contributed by atoms with Gasteiger partial charge in [-0.3, -0.25) is 19.7 Å². The second kappa shape index (κ2) is 9.73. The Hall–Kier alpha value is -3.95. The number of hydrogen-bond acceptors (Lipinski definition) is 6. The molecule has 1 atom stereocenters. The lowest BCUT2D eigenvalue weighted by Gasteiger charge is -2.23. The second-order valence-corrected chi connectivity index (χ2v) is 8.80. The molecule has 1 aliphatic heterocycles. The van der Waals surface area contributed by atoms with Crippen LogP contribution in [0.1, 0.15) is 30.0 Å². The summed E-state index contributed by atoms with van der Waals surface area (Å²) >= 11 is 0. The summed E-state index contributed by atoms with van der Waals surface area (Å²) in [7, 11) is 0. The van der Waals surface area contributed by atoms with E-state index < -0.39 is 0 Å². The van der Waals surface area contributed by atoms with Crippen molar-refractivity contribution < 1.29 is 4.74 Å². The van der Waals surface area contributed by atoms with Crippen LogP contribution in [-0.4, -0.2) is 33.0 Å². The summed E-state index contributed by atoms with van der Waals surface area (Å²) in [5.74, 6) is 7.06. The van der Waals surface area contributed by atoms with Crippen LogP contribution in [0.25, 0.3) is 22.4 Å². The Kier molecular flexibility index (Phi) is 6.35. The van der Waals surface area contributed by atoms with Crippen molar-refractivity contribution in [2.45, 2.75) is 32.4 Å². The smallest absolute Gasteiger partial charge is 0.270 e. The van der Waals surface area contributed by atoms with Gasteiger partial charge in [0, 0.05) is 36.2 Å². The number of nitrogens with zero attached hydrogens (tertiary/aromatic N) is 3. The zero-order chi connectivity index (χ0) is 24.4. The number of anilines is 1. The molecule has 0 aliphatic carbocycles. The van der Waals surface area contributed by atoms with E-state index in [1.165, 1.54) is 6.07 Å². The number of aromatic nitrogens is 4. The van der Waals surface area contributed by atoms with E-state index in [0.29, 0.717) is 30.2 Å². The molecule has 5 rings (SSSR count). The molecule has 3 aromatic heterocycles. The lowest BCUT2D eigenvalue weighted by molar-refractivity contribution is 0.0538. The first-order valence-corrected chi connectivity index (χ1v) is 11.7. The van der Waals surface area contributed by atoms with Gasteiger partial charge in [-0.25, -0.2) is 15.5 Å². The Morgan fingerprint density at radius 3 is 2.66 bits per heavy atom. The zero-order valence-corrected chi connectivity index (χ0v) is 19.5. The average molecular weight is 473 g/mol. The van der Waals surface area contributed by atoms with Gasteiger partial charge in [0.05, 0.1) is 24.9 Å². The van der Waals surface area contributed by atoms with E-state index in [1.54, 1.807) is 28.2 Å². The normalized spacial score (nSPS) is 15.8. The molecule has 4 N–H and O–H groups in total. The molecule has 0 radical (unpaired) electrons. The second-order valence-electron chi connectivity index (χ2n) is 8.80. The lowest BCUT2D eigenvalue weighted by atomic mass is 10.1. The van der Waals surface area contributed by atoms with Crippen molar-refractivity contribution >= 4 is 5.82 Å². The van der Waals surface area contributed by atoms with E-state index in [-0.39, 0.29) is 17.2 Å². The van der Waals surface area contributed by atoms with E-state index in [2.05, 4.69) is 15.1 Å². The molecule has 180 valence electrons. The summed E-state index contributed by atoms with van der Waals surface area (Å²) in [4.78, 5) is 31.5. The van der Waals surface area contributed by atoms with Crippen molar-refractivity contribution in [3.63, 3.8) is 0 Å². The van der Waals surface area contributed by atoms with Crippen LogP contribution in [-0.2, 0) is 11.3 Å². The van der Waals surface area contributed by atoms with Crippen molar-refractivity contribution in [1.82, 2.24) is 19.7 Å². The molecule has 0 bridgehead atoms. The van der Waals surface area contributed by atoms with E-state index in [4.69, 9.17) is 10.6 Å². The molecule has 0 saturated carbocycles. The maximum atomic E-state index is 13.0. The van der Waals surface area contributed by atoms with E-state index in [1.807, 2.05) is 43.3 Å². The number of ether oxygens (including phenoxy) is 1. The Morgan fingerprint density at radius 1 is 1.14 bits per heavy atom. The third-order valence-corrected chi connectivity index (χ3v) is 6.40. The largest absolute Gasteiger partial charge is 0.379 e. The molecule has 9 heteroatoms. The van der Waals surface area contributed by atoms with Gasteiger partial charge in [-0.05, 0) is 54.7 Å². The van der Waals surface area contributed by atoms with E-state index in [9.17, 15) is 9.59 Å². The van der Waals surface area contributed by atoms with Gasteiger partial charge in [0.15, 0.2) is 5.82 Å². The van der Waals surface area contributed by atoms with Crippen LogP contribution >= 0.6 is 0 Å². The summed E-state index contributed by atoms with van der Waals surface area (Å²) in [5, 5.41) is 4.89. The quantitative estimate of drug-likeness (QED) is 0.293. The van der Waals surface area contributed by atoms with Gasteiger partial charge in [0.1, 0.15) is 0 Å². The minimum atomic E-state index is -0.130. The number of nitrogens with one attached hydrogen (secondary N) is 2. The topological polar surface area (TPSA) is 122 Å². The number of rotatable bonds is 6. The first kappa shape index (κ1) is 22.8. The summed E-state index contributed by atoms with van der Waals surface area (Å²) < 4.78 is 7.26. The first-order chi connectivity index (χ1) is 17.0. The lowest BCUT2D eigenvalue weighted by Crippen LogP contribution is -2.31. The predicted molar refractivity (Wildman–Crippen MR) is 135 cm³/mol. The standard InChI is InChI=1S/C26H28N6O3/c1-17-24(30-32(26(17)34)21-4-3-13-35-16-21)22-5-2-12-28-25(22)31(27)15-18-6-8-19(9-7-18)20-10-11-23(33)29-14-20/h2,5-12,14,21,30H,3-4,13,15-16,27H2,1H3,(H,29,33). The van der Waals surface area contributed by atoms with Crippen LogP contribution in [0.5, 0.6) is 0 Å². The number of benzene rings is 1. The molecule has 1 aromatic carbocycles. The summed E-state index contributed by atoms with van der Waals surface area (Å²) in [5.41, 5.74) is 4.86. The summed E-state index contributed by atoms with van der Waals surface area (Å²) in [6.45, 7) is 3.51. The fraction of sp³-hybridized carbons (Fsp3) is 0.269. The van der Waals surface area contributed by atoms with Crippen molar-refractivity contribution in [1.29, 1.82) is 0 Å². The highest BCUT2D eigenvalue weighted by Crippen LogP contribution is 2.30. The van der Waals surface area contributed by atoms with Crippen molar-refractivity contribution in [3.8, 4) is 22.4 Å². The number of nitrogens with two attached hydrogens (primary N) is 1. The number of aromatic amines is 2. The van der Waals surface area contributed by atoms with Crippen LogP contribution in [0.2, 0.25) is 0 Å². The molecule has 0 amide bonds. The highest BCUT2D eigenvalue weighted by Gasteiger charge is 2.23. The summed E-state index contributed by atoms with van der Waals surface area (Å²) in [6, 6.07) is 15.0. The van der Waals surface area contributed by atoms with Crippen molar-refractivity contribution in [2.24, 2.45) is 5.84 Å². The monoisotopic (exact) mass is 472 g/mol. The summed E-state index contributed by atoms with van der Waals surface area (Å²) in [6.07, 6.45) is 5.22. The minimum absolute atomic E-state index is 0.00115. The van der Waals surface area contributed by atoms with Crippen LogP contribution in [0, 0.1) is 6.92 Å². The molecule has 35 heavy (non-hydrogen) atoms. The Balaban J connectivity index is 1.40. The predicted octanol–water partition coefficient (Wildman–Crippen LogP) is 3.13. The van der Waals surface area contributed by atoms with Crippen LogP contribution in [0.4, 0.5) is 5.82 Å².